The van der Waals surface area contributed by atoms with Crippen LogP contribution in [0, 0.1) is 0 Å². The molecule has 4 aromatic rings. The first kappa shape index (κ1) is 21.7. The molecule has 4 rings (SSSR count). The third-order valence-electron chi connectivity index (χ3n) is 5.51. The zero-order valence-electron chi connectivity index (χ0n) is 16.7. The Hall–Kier alpha value is -2.55. The van der Waals surface area contributed by atoms with Crippen molar-refractivity contribution in [1.82, 2.24) is 0 Å². The van der Waals surface area contributed by atoms with Crippen LogP contribution in [-0.2, 0) is 6.16 Å². The Bertz CT molecular complexity index is 1020. The molecule has 0 radical (unpaired) electrons. The van der Waals surface area contributed by atoms with Crippen molar-refractivity contribution in [2.45, 2.75) is 12.8 Å². The Morgan fingerprint density at radius 2 is 1.00 bits per heavy atom. The van der Waals surface area contributed by atoms with E-state index >= 15 is 0 Å². The van der Waals surface area contributed by atoms with Gasteiger partial charge >= 0.3 is 190 Å². The van der Waals surface area contributed by atoms with E-state index in [-0.39, 0.29) is 5.75 Å². The molecule has 0 atom stereocenters. The number of ether oxygens (including phenoxy) is 1. The Morgan fingerprint density at radius 1 is 0.613 bits per heavy atom. The summed E-state index contributed by atoms with van der Waals surface area (Å²) in [6.07, 6.45) is 0.693. The van der Waals surface area contributed by atoms with Crippen LogP contribution >= 0.6 is 20.8 Å². The second kappa shape index (κ2) is 8.90. The van der Waals surface area contributed by atoms with E-state index in [1.807, 2.05) is 30.3 Å². The molecule has 0 fully saturated rings. The normalized spacial score (nSPS) is 12.8. The zero-order chi connectivity index (χ0) is 21.8. The molecule has 0 saturated heterocycles. The molecule has 0 bridgehead atoms. The summed E-state index contributed by atoms with van der Waals surface area (Å²) < 4.78 is 29.7. The van der Waals surface area contributed by atoms with Gasteiger partial charge in [-0.2, -0.15) is 0 Å². The number of rotatable bonds is 7. The molecule has 0 aliphatic carbocycles. The van der Waals surface area contributed by atoms with Crippen LogP contribution in [0.2, 0.25) is 0 Å². The van der Waals surface area contributed by atoms with Crippen LogP contribution in [0.15, 0.2) is 115 Å². The van der Waals surface area contributed by atoms with Crippen LogP contribution in [0.25, 0.3) is 0 Å². The van der Waals surface area contributed by atoms with Crippen molar-refractivity contribution in [3.8, 4) is 5.75 Å². The summed E-state index contributed by atoms with van der Waals surface area (Å²) in [6.45, 7) is -2.83. The fourth-order valence-electron chi connectivity index (χ4n) is 4.06. The Kier molecular flexibility index (Phi) is 6.22. The van der Waals surface area contributed by atoms with Gasteiger partial charge in [0, 0.05) is 0 Å². The van der Waals surface area contributed by atoms with Gasteiger partial charge in [0.25, 0.3) is 0 Å². The monoisotopic (exact) mass is 498 g/mol. The molecule has 0 aliphatic rings. The fraction of sp³-hybridized carbons (Fsp3) is 0.0769. The predicted octanol–water partition coefficient (Wildman–Crippen LogP) is 6.63. The minimum atomic E-state index is -3.11. The third kappa shape index (κ3) is 4.15. The number of hydrogen-bond acceptors (Lipinski definition) is 1. The van der Waals surface area contributed by atoms with E-state index < -0.39 is 11.9 Å². The van der Waals surface area contributed by atoms with Crippen molar-refractivity contribution in [3.05, 3.63) is 121 Å². The van der Waals surface area contributed by atoms with Gasteiger partial charge in [-0.05, 0) is 0 Å². The fourth-order valence-corrected chi connectivity index (χ4v) is 11.8. The standard InChI is InChI=1S/C26H22BrF2OP/c27-31(23-10-4-1-5-11-23,24-12-6-2-7-13-24,25-14-8-3-9-15-25)20-21-16-18-22(19-17-21)30-26(28)29/h1-19,26H,20H2. The van der Waals surface area contributed by atoms with Crippen LogP contribution in [0.1, 0.15) is 5.56 Å². The van der Waals surface area contributed by atoms with Crippen LogP contribution in [0.5, 0.6) is 5.75 Å². The predicted molar refractivity (Wildman–Crippen MR) is 131 cm³/mol. The van der Waals surface area contributed by atoms with Gasteiger partial charge in [-0.3, -0.25) is 0 Å². The zero-order valence-corrected chi connectivity index (χ0v) is 19.2. The number of benzene rings is 4. The van der Waals surface area contributed by atoms with Gasteiger partial charge < -0.3 is 0 Å². The Morgan fingerprint density at radius 3 is 1.35 bits per heavy atom. The van der Waals surface area contributed by atoms with E-state index in [1.54, 1.807) is 12.1 Å². The average molecular weight is 499 g/mol. The van der Waals surface area contributed by atoms with Crippen molar-refractivity contribution in [2.75, 3.05) is 0 Å². The molecular formula is C26H22BrF2OP. The van der Waals surface area contributed by atoms with Gasteiger partial charge in [0.2, 0.25) is 0 Å². The summed E-state index contributed by atoms with van der Waals surface area (Å²) in [6, 6.07) is 38.4. The quantitative estimate of drug-likeness (QED) is 0.260. The molecule has 5 heteroatoms. The van der Waals surface area contributed by atoms with Crippen LogP contribution in [0.4, 0.5) is 8.78 Å². The van der Waals surface area contributed by atoms with E-state index in [4.69, 9.17) is 0 Å². The molecule has 0 spiro atoms. The molecule has 1 nitrogen and oxygen atoms in total. The first-order valence-corrected chi connectivity index (χ1v) is 14.4. The first-order valence-electron chi connectivity index (χ1n) is 9.94. The molecule has 0 N–H and O–H groups in total. The summed E-state index contributed by atoms with van der Waals surface area (Å²) in [5.74, 6) is 0.160. The molecule has 0 amide bonds. The Labute approximate surface area is 189 Å². The van der Waals surface area contributed by atoms with Gasteiger partial charge in [0.1, 0.15) is 0 Å². The van der Waals surface area contributed by atoms with Crippen molar-refractivity contribution in [3.63, 3.8) is 0 Å². The van der Waals surface area contributed by atoms with Gasteiger partial charge in [-0.25, -0.2) is 0 Å². The number of halogens is 3. The van der Waals surface area contributed by atoms with Gasteiger partial charge in [-0.15, -0.1) is 0 Å². The number of alkyl halides is 2. The van der Waals surface area contributed by atoms with E-state index in [0.29, 0.717) is 6.16 Å². The van der Waals surface area contributed by atoms with Crippen molar-refractivity contribution < 1.29 is 13.5 Å². The molecule has 0 aromatic heterocycles. The molecule has 4 aromatic carbocycles. The Balaban J connectivity index is 1.95. The van der Waals surface area contributed by atoms with Gasteiger partial charge in [-0.1, -0.05) is 0 Å². The third-order valence-corrected chi connectivity index (χ3v) is 15.0. The SMILES string of the molecule is FC(F)Oc1ccc(CP(Br)(c2ccccc2)(c2ccccc2)c2ccccc2)cc1. The van der Waals surface area contributed by atoms with Crippen molar-refractivity contribution in [2.24, 2.45) is 0 Å². The van der Waals surface area contributed by atoms with Gasteiger partial charge in [0.15, 0.2) is 0 Å². The van der Waals surface area contributed by atoms with Crippen LogP contribution in [0.3, 0.4) is 0 Å². The van der Waals surface area contributed by atoms with Crippen molar-refractivity contribution in [1.29, 1.82) is 0 Å². The molecule has 0 aliphatic heterocycles. The second-order valence-corrected chi connectivity index (χ2v) is 16.3. The summed E-state index contributed by atoms with van der Waals surface area (Å²) in [5, 5.41) is 0.514. The first-order chi connectivity index (χ1) is 15.0. The summed E-state index contributed by atoms with van der Waals surface area (Å²) >= 11 is 4.39. The average Bonchev–Trinajstić information content (AvgIpc) is 2.82. The molecule has 0 unspecified atom stereocenters. The molecule has 158 valence electrons. The van der Waals surface area contributed by atoms with E-state index in [1.165, 1.54) is 15.9 Å². The maximum absolute atomic E-state index is 12.6. The second-order valence-electron chi connectivity index (χ2n) is 7.37. The van der Waals surface area contributed by atoms with Crippen molar-refractivity contribution >= 4 is 36.7 Å². The summed E-state index contributed by atoms with van der Waals surface area (Å²) in [4.78, 5) is 0. The molecule has 31 heavy (non-hydrogen) atoms. The molecule has 0 saturated carbocycles. The molecule has 0 heterocycles. The topological polar surface area (TPSA) is 9.23 Å². The minimum absolute atomic E-state index is 0.160. The maximum atomic E-state index is 12.6. The number of hydrogen-bond donors (Lipinski definition) is 0. The van der Waals surface area contributed by atoms with E-state index in [9.17, 15) is 8.78 Å². The summed E-state index contributed by atoms with van der Waals surface area (Å²) in [7, 11) is 0. The van der Waals surface area contributed by atoms with Crippen LogP contribution in [-0.4, -0.2) is 6.61 Å². The van der Waals surface area contributed by atoms with E-state index in [0.717, 1.165) is 5.56 Å². The molecular weight excluding hydrogens is 477 g/mol. The summed E-state index contributed by atoms with van der Waals surface area (Å²) in [5.41, 5.74) is 1.03. The van der Waals surface area contributed by atoms with Gasteiger partial charge in [0.05, 0.1) is 0 Å². The van der Waals surface area contributed by atoms with Crippen LogP contribution < -0.4 is 20.7 Å². The van der Waals surface area contributed by atoms with E-state index in [2.05, 4.69) is 93.0 Å².